The number of carbonyl (C=O) groups is 1. The third-order valence-electron chi connectivity index (χ3n) is 8.96. The first kappa shape index (κ1) is 24.2. The Labute approximate surface area is 201 Å². The van der Waals surface area contributed by atoms with Crippen molar-refractivity contribution in [3.8, 4) is 0 Å². The van der Waals surface area contributed by atoms with E-state index >= 15 is 0 Å². The number of halogens is 2. The molecule has 3 saturated carbocycles. The summed E-state index contributed by atoms with van der Waals surface area (Å²) in [5, 5.41) is 0. The zero-order valence-electron chi connectivity index (χ0n) is 20.2. The first-order valence-electron chi connectivity index (χ1n) is 12.8. The van der Waals surface area contributed by atoms with E-state index in [4.69, 9.17) is 0 Å². The van der Waals surface area contributed by atoms with Gasteiger partial charge in [0.15, 0.2) is 0 Å². The maximum atomic E-state index is 14.0. The lowest BCUT2D eigenvalue weighted by molar-refractivity contribution is -0.138. The molecule has 1 heterocycles. The Morgan fingerprint density at radius 1 is 1.09 bits per heavy atom. The number of hydrogen-bond acceptors (Lipinski definition) is 3. The van der Waals surface area contributed by atoms with E-state index < -0.39 is 22.0 Å². The number of nitrogens with zero attached hydrogens (tertiary/aromatic N) is 2. The van der Waals surface area contributed by atoms with Crippen LogP contribution in [-0.4, -0.2) is 55.1 Å². The number of aryl methyl sites for hydroxylation is 1. The molecule has 0 N–H and O–H groups in total. The zero-order valence-corrected chi connectivity index (χ0v) is 21.0. The number of rotatable bonds is 5. The van der Waals surface area contributed by atoms with Gasteiger partial charge in [-0.3, -0.25) is 4.79 Å². The van der Waals surface area contributed by atoms with Crippen LogP contribution in [-0.2, 0) is 14.8 Å². The van der Waals surface area contributed by atoms with Crippen molar-refractivity contribution >= 4 is 15.9 Å². The van der Waals surface area contributed by atoms with E-state index in [1.807, 2.05) is 19.1 Å². The number of hydrogen-bond donors (Lipinski definition) is 0. The quantitative estimate of drug-likeness (QED) is 0.573. The van der Waals surface area contributed by atoms with Crippen molar-refractivity contribution in [3.05, 3.63) is 29.3 Å². The fraction of sp³-hybridized carbons (Fsp3) is 0.731. The average Bonchev–Trinajstić information content (AvgIpc) is 3.55. The van der Waals surface area contributed by atoms with Crippen molar-refractivity contribution in [1.82, 2.24) is 9.21 Å². The van der Waals surface area contributed by atoms with E-state index in [-0.39, 0.29) is 43.6 Å². The van der Waals surface area contributed by atoms with Crippen molar-refractivity contribution in [2.75, 3.05) is 13.6 Å². The van der Waals surface area contributed by atoms with Gasteiger partial charge in [0.25, 0.3) is 0 Å². The first-order valence-corrected chi connectivity index (χ1v) is 14.3. The third kappa shape index (κ3) is 4.29. The van der Waals surface area contributed by atoms with Gasteiger partial charge in [0, 0.05) is 32.5 Å². The summed E-state index contributed by atoms with van der Waals surface area (Å²) in [5.74, 6) is -1.40. The Bertz CT molecular complexity index is 1050. The van der Waals surface area contributed by atoms with Gasteiger partial charge in [-0.15, -0.1) is 0 Å². The minimum Gasteiger partial charge on any atom is -0.341 e. The SMILES string of the molecule is Cc1ccc(S(=O)(=O)N2CCC[C@H]2C(=O)N(C)C2CCC(F)(F)CC2)c(C2CC3CCC2C3)c1. The van der Waals surface area contributed by atoms with Gasteiger partial charge in [-0.05, 0) is 81.3 Å². The lowest BCUT2D eigenvalue weighted by Crippen LogP contribution is -2.50. The molecule has 4 aliphatic rings. The minimum atomic E-state index is -3.85. The molecule has 4 fully saturated rings. The molecule has 5 nitrogen and oxygen atoms in total. The fourth-order valence-corrected chi connectivity index (χ4v) is 8.95. The molecule has 1 saturated heterocycles. The van der Waals surface area contributed by atoms with Crippen LogP contribution in [0.1, 0.15) is 81.3 Å². The Kier molecular flexibility index (Phi) is 6.28. The summed E-state index contributed by atoms with van der Waals surface area (Å²) in [6.07, 6.45) is 5.80. The molecule has 0 aromatic heterocycles. The normalized spacial score (nSPS) is 31.8. The molecular weight excluding hydrogens is 458 g/mol. The van der Waals surface area contributed by atoms with E-state index in [0.717, 1.165) is 17.5 Å². The predicted molar refractivity (Wildman–Crippen MR) is 126 cm³/mol. The highest BCUT2D eigenvalue weighted by atomic mass is 32.2. The van der Waals surface area contributed by atoms with Crippen LogP contribution in [0, 0.1) is 18.8 Å². The molecule has 5 rings (SSSR count). The number of likely N-dealkylation sites (N-methyl/N-ethyl adjacent to an activating group) is 1. The van der Waals surface area contributed by atoms with Crippen molar-refractivity contribution in [1.29, 1.82) is 0 Å². The second kappa shape index (κ2) is 8.84. The van der Waals surface area contributed by atoms with Gasteiger partial charge in [-0.2, -0.15) is 4.31 Å². The second-order valence-corrected chi connectivity index (χ2v) is 13.0. The van der Waals surface area contributed by atoms with E-state index in [2.05, 4.69) is 0 Å². The van der Waals surface area contributed by atoms with Crippen molar-refractivity contribution < 1.29 is 22.0 Å². The molecule has 2 bridgehead atoms. The van der Waals surface area contributed by atoms with E-state index in [1.54, 1.807) is 18.0 Å². The summed E-state index contributed by atoms with van der Waals surface area (Å²) in [6.45, 7) is 2.32. The monoisotopic (exact) mass is 494 g/mol. The van der Waals surface area contributed by atoms with Crippen LogP contribution in [0.15, 0.2) is 23.1 Å². The molecule has 0 spiro atoms. The molecule has 8 heteroatoms. The van der Waals surface area contributed by atoms with E-state index in [1.165, 1.54) is 23.6 Å². The summed E-state index contributed by atoms with van der Waals surface area (Å²) in [4.78, 5) is 15.3. The summed E-state index contributed by atoms with van der Waals surface area (Å²) in [7, 11) is -2.21. The third-order valence-corrected chi connectivity index (χ3v) is 10.9. The van der Waals surface area contributed by atoms with Gasteiger partial charge < -0.3 is 4.90 Å². The van der Waals surface area contributed by atoms with Crippen LogP contribution in [0.25, 0.3) is 0 Å². The van der Waals surface area contributed by atoms with Gasteiger partial charge in [0.05, 0.1) is 4.90 Å². The maximum Gasteiger partial charge on any atom is 0.248 e. The van der Waals surface area contributed by atoms with Gasteiger partial charge in [-0.25, -0.2) is 17.2 Å². The van der Waals surface area contributed by atoms with E-state index in [0.29, 0.717) is 36.1 Å². The van der Waals surface area contributed by atoms with Crippen LogP contribution >= 0.6 is 0 Å². The van der Waals surface area contributed by atoms with Crippen LogP contribution in [0.4, 0.5) is 8.78 Å². The lowest BCUT2D eigenvalue weighted by Gasteiger charge is -2.37. The summed E-state index contributed by atoms with van der Waals surface area (Å²) in [5.41, 5.74) is 1.98. The van der Waals surface area contributed by atoms with Crippen LogP contribution in [0.5, 0.6) is 0 Å². The smallest absolute Gasteiger partial charge is 0.248 e. The molecule has 1 amide bonds. The van der Waals surface area contributed by atoms with Gasteiger partial charge in [0.2, 0.25) is 21.9 Å². The number of amides is 1. The van der Waals surface area contributed by atoms with Crippen LogP contribution < -0.4 is 0 Å². The number of fused-ring (bicyclic) bond motifs is 2. The Morgan fingerprint density at radius 2 is 1.82 bits per heavy atom. The van der Waals surface area contributed by atoms with Crippen molar-refractivity contribution in [3.63, 3.8) is 0 Å². The van der Waals surface area contributed by atoms with Crippen LogP contribution in [0.2, 0.25) is 0 Å². The highest BCUT2D eigenvalue weighted by Gasteiger charge is 2.46. The standard InChI is InChI=1S/C26H36F2N2O3S/c1-17-5-8-24(22(14-17)21-16-18-6-7-19(21)15-18)34(32,33)30-13-3-4-23(30)25(31)29(2)20-9-11-26(27,28)12-10-20/h5,8,14,18-21,23H,3-4,6-7,9-13,15-16H2,1-2H3/t18?,19?,21?,23-/m0/s1. The Morgan fingerprint density at radius 3 is 2.47 bits per heavy atom. The molecule has 188 valence electrons. The van der Waals surface area contributed by atoms with Gasteiger partial charge in [0.1, 0.15) is 6.04 Å². The highest BCUT2D eigenvalue weighted by molar-refractivity contribution is 7.89. The van der Waals surface area contributed by atoms with Gasteiger partial charge in [-0.1, -0.05) is 24.1 Å². The van der Waals surface area contributed by atoms with Gasteiger partial charge >= 0.3 is 0 Å². The van der Waals surface area contributed by atoms with E-state index in [9.17, 15) is 22.0 Å². The molecule has 1 aromatic carbocycles. The lowest BCUT2D eigenvalue weighted by atomic mass is 9.83. The topological polar surface area (TPSA) is 57.7 Å². The average molecular weight is 495 g/mol. The molecule has 3 unspecified atom stereocenters. The Hall–Kier alpha value is -1.54. The summed E-state index contributed by atoms with van der Waals surface area (Å²) >= 11 is 0. The van der Waals surface area contributed by atoms with Crippen molar-refractivity contribution in [2.24, 2.45) is 11.8 Å². The fourth-order valence-electron chi connectivity index (χ4n) is 7.05. The van der Waals surface area contributed by atoms with Crippen molar-refractivity contribution in [2.45, 2.75) is 100.0 Å². The summed E-state index contributed by atoms with van der Waals surface area (Å²) < 4.78 is 56.6. The summed E-state index contributed by atoms with van der Waals surface area (Å²) in [6, 6.07) is 4.61. The molecular formula is C26H36F2N2O3S. The molecule has 3 aliphatic carbocycles. The number of carbonyl (C=O) groups excluding carboxylic acids is 1. The number of sulfonamides is 1. The minimum absolute atomic E-state index is 0.224. The zero-order chi connectivity index (χ0) is 24.3. The largest absolute Gasteiger partial charge is 0.341 e. The molecule has 1 aliphatic heterocycles. The molecule has 4 atom stereocenters. The number of alkyl halides is 2. The maximum absolute atomic E-state index is 14.0. The van der Waals surface area contributed by atoms with Crippen LogP contribution in [0.3, 0.4) is 0 Å². The highest BCUT2D eigenvalue weighted by Crippen LogP contribution is 2.54. The number of benzene rings is 1. The molecule has 1 aromatic rings. The second-order valence-electron chi connectivity index (χ2n) is 11.1. The molecule has 34 heavy (non-hydrogen) atoms. The first-order chi connectivity index (χ1) is 16.1. The molecule has 0 radical (unpaired) electrons. The predicted octanol–water partition coefficient (Wildman–Crippen LogP) is 5.09. The Balaban J connectivity index is 1.39.